The molecule has 5 heterocycles. The summed E-state index contributed by atoms with van der Waals surface area (Å²) in [6, 6.07) is 8.81. The number of aromatic nitrogens is 4. The van der Waals surface area contributed by atoms with Crippen molar-refractivity contribution in [3.05, 3.63) is 72.5 Å². The molecule has 346 valence electrons. The molecule has 4 atom stereocenters. The lowest BCUT2D eigenvalue weighted by molar-refractivity contribution is -0.145. The molecular formula is C49H69N9O6. The van der Waals surface area contributed by atoms with E-state index in [9.17, 15) is 19.2 Å². The molecule has 1 aromatic carbocycles. The topological polar surface area (TPSA) is 156 Å². The molecule has 2 saturated heterocycles. The van der Waals surface area contributed by atoms with Gasteiger partial charge in [0.2, 0.25) is 17.7 Å². The standard InChI is InChI=1S/C49H69N9O6/c1-12-42(59)56-24-20-34(29-56)47(61)55(9)44(31(3)4)46(60)53-38(48(62)58-23-15-14-22-52-58)26-41-51-28-40(54(41)8)33-18-19-39-36(25-33)37(27-49(6,7)30-63-10)45(57(39)13-2)35-17-16-21-50-43(35)32(5)64-11/h12,16-19,21,25,28,31-32,34,38,44,52H,1,13-15,20,22-24,26-27,29-30H2,2-11H3,(H,53,60)/t32-,34-,38-,44-/m0/s1. The fraction of sp³-hybridized carbons (Fsp3) is 0.551. The number of carbonyl (C=O) groups is 4. The number of benzene rings is 1. The lowest BCUT2D eigenvalue weighted by Crippen LogP contribution is -2.60. The summed E-state index contributed by atoms with van der Waals surface area (Å²) in [5.41, 5.74) is 10.2. The lowest BCUT2D eigenvalue weighted by Gasteiger charge is -2.35. The third-order valence-electron chi connectivity index (χ3n) is 13.0. The number of ether oxygens (including phenoxy) is 2. The van der Waals surface area contributed by atoms with E-state index in [2.05, 4.69) is 66.9 Å². The number of fused-ring (bicyclic) bond motifs is 1. The van der Waals surface area contributed by atoms with E-state index in [1.54, 1.807) is 31.2 Å². The monoisotopic (exact) mass is 880 g/mol. The predicted octanol–water partition coefficient (Wildman–Crippen LogP) is 5.72. The van der Waals surface area contributed by atoms with E-state index in [-0.39, 0.29) is 48.1 Å². The van der Waals surface area contributed by atoms with E-state index < -0.39 is 23.9 Å². The number of methoxy groups -OCH3 is 2. The average Bonchev–Trinajstić information content (AvgIpc) is 4.00. The van der Waals surface area contributed by atoms with Crippen molar-refractivity contribution in [1.29, 1.82) is 0 Å². The summed E-state index contributed by atoms with van der Waals surface area (Å²) in [5.74, 6) is -1.19. The van der Waals surface area contributed by atoms with Crippen LogP contribution < -0.4 is 10.7 Å². The highest BCUT2D eigenvalue weighted by Gasteiger charge is 2.39. The highest BCUT2D eigenvalue weighted by molar-refractivity contribution is 5.96. The SMILES string of the molecule is C=CC(=O)N1CC[C@H](C(=O)N(C)[C@H](C(=O)N[C@@H](Cc2ncc(-c3ccc4c(c3)c(CC(C)(C)COC)c(-c3cccnc3[C@H](C)OC)n4CC)n2C)C(=O)N2CCCCN2)C(C)C)C1. The Balaban J connectivity index is 1.35. The maximum absolute atomic E-state index is 14.4. The van der Waals surface area contributed by atoms with Crippen molar-refractivity contribution >= 4 is 34.5 Å². The molecule has 4 amide bonds. The van der Waals surface area contributed by atoms with Crippen LogP contribution in [0.4, 0.5) is 0 Å². The molecule has 2 aliphatic heterocycles. The van der Waals surface area contributed by atoms with Gasteiger partial charge in [0, 0.05) is 95.7 Å². The summed E-state index contributed by atoms with van der Waals surface area (Å²) < 4.78 is 15.9. The Morgan fingerprint density at radius 1 is 1.09 bits per heavy atom. The second-order valence-corrected chi connectivity index (χ2v) is 18.5. The predicted molar refractivity (Wildman–Crippen MR) is 249 cm³/mol. The first-order chi connectivity index (χ1) is 30.5. The number of nitrogens with zero attached hydrogens (tertiary/aromatic N) is 7. The zero-order valence-corrected chi connectivity index (χ0v) is 39.6. The zero-order valence-electron chi connectivity index (χ0n) is 39.6. The quantitative estimate of drug-likeness (QED) is 0.120. The molecule has 2 fully saturated rings. The summed E-state index contributed by atoms with van der Waals surface area (Å²) in [4.78, 5) is 67.6. The first-order valence-electron chi connectivity index (χ1n) is 22.7. The molecular weight excluding hydrogens is 811 g/mol. The number of amides is 4. The van der Waals surface area contributed by atoms with E-state index in [1.807, 2.05) is 50.8 Å². The number of hydrazine groups is 1. The van der Waals surface area contributed by atoms with Crippen LogP contribution in [0.2, 0.25) is 0 Å². The Kier molecular flexibility index (Phi) is 15.5. The van der Waals surface area contributed by atoms with Crippen LogP contribution in [0.5, 0.6) is 0 Å². The van der Waals surface area contributed by atoms with Crippen LogP contribution in [0, 0.1) is 17.3 Å². The van der Waals surface area contributed by atoms with Gasteiger partial charge >= 0.3 is 0 Å². The number of nitrogens with one attached hydrogen (secondary N) is 2. The second-order valence-electron chi connectivity index (χ2n) is 18.5. The molecule has 3 aromatic heterocycles. The lowest BCUT2D eigenvalue weighted by atomic mass is 9.84. The van der Waals surface area contributed by atoms with Crippen molar-refractivity contribution in [3.63, 3.8) is 0 Å². The molecule has 2 aliphatic rings. The van der Waals surface area contributed by atoms with Crippen LogP contribution in [-0.2, 0) is 55.1 Å². The van der Waals surface area contributed by atoms with Gasteiger partial charge in [-0.1, -0.05) is 40.3 Å². The maximum atomic E-state index is 14.4. The number of likely N-dealkylation sites (tertiary alicyclic amines) is 1. The molecule has 6 rings (SSSR count). The number of hydrogen-bond donors (Lipinski definition) is 2. The first-order valence-corrected chi connectivity index (χ1v) is 22.7. The Labute approximate surface area is 378 Å². The Morgan fingerprint density at radius 3 is 2.52 bits per heavy atom. The number of pyridine rings is 1. The molecule has 0 saturated carbocycles. The zero-order chi connectivity index (χ0) is 46.5. The fourth-order valence-electron chi connectivity index (χ4n) is 9.62. The van der Waals surface area contributed by atoms with Crippen molar-refractivity contribution < 1.29 is 28.7 Å². The van der Waals surface area contributed by atoms with Crippen LogP contribution in [-0.4, -0.2) is 124 Å². The summed E-state index contributed by atoms with van der Waals surface area (Å²) in [5, 5.41) is 5.79. The molecule has 4 aromatic rings. The molecule has 0 unspecified atom stereocenters. The van der Waals surface area contributed by atoms with E-state index in [1.165, 1.54) is 16.5 Å². The van der Waals surface area contributed by atoms with Gasteiger partial charge in [0.15, 0.2) is 0 Å². The molecule has 64 heavy (non-hydrogen) atoms. The highest BCUT2D eigenvalue weighted by atomic mass is 16.5. The molecule has 15 nitrogen and oxygen atoms in total. The van der Waals surface area contributed by atoms with Gasteiger partial charge < -0.3 is 33.7 Å². The molecule has 2 N–H and O–H groups in total. The third-order valence-corrected chi connectivity index (χ3v) is 13.0. The minimum Gasteiger partial charge on any atom is -0.384 e. The van der Waals surface area contributed by atoms with Gasteiger partial charge in [0.1, 0.15) is 17.9 Å². The smallest absolute Gasteiger partial charge is 0.259 e. The number of rotatable bonds is 18. The molecule has 0 bridgehead atoms. The Bertz CT molecular complexity index is 2330. The summed E-state index contributed by atoms with van der Waals surface area (Å²) in [7, 11) is 7.02. The van der Waals surface area contributed by atoms with E-state index in [4.69, 9.17) is 19.4 Å². The number of carbonyl (C=O) groups excluding carboxylic acids is 4. The van der Waals surface area contributed by atoms with Gasteiger partial charge in [-0.25, -0.2) is 10.4 Å². The molecule has 0 aliphatic carbocycles. The van der Waals surface area contributed by atoms with Gasteiger partial charge in [0.25, 0.3) is 5.91 Å². The first kappa shape index (κ1) is 48.1. The van der Waals surface area contributed by atoms with Crippen molar-refractivity contribution in [2.45, 2.75) is 98.4 Å². The Morgan fingerprint density at radius 2 is 1.86 bits per heavy atom. The summed E-state index contributed by atoms with van der Waals surface area (Å²) in [6.45, 7) is 19.2. The van der Waals surface area contributed by atoms with E-state index >= 15 is 0 Å². The average molecular weight is 880 g/mol. The summed E-state index contributed by atoms with van der Waals surface area (Å²) in [6.07, 6.45) is 7.84. The van der Waals surface area contributed by atoms with Gasteiger partial charge in [-0.05, 0) is 86.8 Å². The number of imidazole rings is 1. The molecule has 0 spiro atoms. The van der Waals surface area contributed by atoms with Gasteiger partial charge in [-0.3, -0.25) is 29.2 Å². The van der Waals surface area contributed by atoms with E-state index in [0.29, 0.717) is 38.5 Å². The van der Waals surface area contributed by atoms with Crippen molar-refractivity contribution in [2.24, 2.45) is 24.3 Å². The number of aryl methyl sites for hydroxylation is 1. The van der Waals surface area contributed by atoms with Gasteiger partial charge in [-0.2, -0.15) is 0 Å². The van der Waals surface area contributed by atoms with Crippen LogP contribution in [0.25, 0.3) is 33.4 Å². The van der Waals surface area contributed by atoms with Crippen molar-refractivity contribution in [1.82, 2.24) is 44.7 Å². The van der Waals surface area contributed by atoms with Crippen LogP contribution in [0.1, 0.15) is 84.0 Å². The molecule has 0 radical (unpaired) electrons. The van der Waals surface area contributed by atoms with Crippen LogP contribution >= 0.6 is 0 Å². The van der Waals surface area contributed by atoms with Crippen LogP contribution in [0.15, 0.2) is 55.4 Å². The van der Waals surface area contributed by atoms with Crippen molar-refractivity contribution in [3.8, 4) is 22.5 Å². The minimum absolute atomic E-state index is 0.125. The van der Waals surface area contributed by atoms with Gasteiger partial charge in [-0.15, -0.1) is 0 Å². The minimum atomic E-state index is -0.967. The van der Waals surface area contributed by atoms with Gasteiger partial charge in [0.05, 0.1) is 41.9 Å². The normalized spacial score (nSPS) is 17.1. The third kappa shape index (κ3) is 10.1. The largest absolute Gasteiger partial charge is 0.384 e. The highest BCUT2D eigenvalue weighted by Crippen LogP contribution is 2.42. The number of likely N-dealkylation sites (N-methyl/N-ethyl adjacent to an activating group) is 1. The van der Waals surface area contributed by atoms with Crippen molar-refractivity contribution in [2.75, 3.05) is 54.1 Å². The molecule has 15 heteroatoms. The second kappa shape index (κ2) is 20.6. The maximum Gasteiger partial charge on any atom is 0.259 e. The van der Waals surface area contributed by atoms with Crippen LogP contribution in [0.3, 0.4) is 0 Å². The Hall–Kier alpha value is -5.38. The number of hydrogen-bond acceptors (Lipinski definition) is 9. The summed E-state index contributed by atoms with van der Waals surface area (Å²) >= 11 is 0. The fourth-order valence-corrected chi connectivity index (χ4v) is 9.62. The van der Waals surface area contributed by atoms with E-state index in [0.717, 1.165) is 64.9 Å².